The largest absolute Gasteiger partial charge is 0.480 e. The van der Waals surface area contributed by atoms with Gasteiger partial charge in [-0.15, -0.1) is 0 Å². The van der Waals surface area contributed by atoms with E-state index < -0.39 is 18.1 Å². The van der Waals surface area contributed by atoms with Crippen LogP contribution >= 0.6 is 0 Å². The van der Waals surface area contributed by atoms with Gasteiger partial charge in [0.05, 0.1) is 13.2 Å². The molecule has 0 aliphatic carbocycles. The quantitative estimate of drug-likeness (QED) is 0.822. The van der Waals surface area contributed by atoms with Crippen LogP contribution < -0.4 is 5.32 Å². The molecule has 20 heavy (non-hydrogen) atoms. The van der Waals surface area contributed by atoms with E-state index in [-0.39, 0.29) is 12.5 Å². The molecule has 2 rings (SSSR count). The maximum atomic E-state index is 11.6. The van der Waals surface area contributed by atoms with Crippen LogP contribution in [0, 0.1) is 5.92 Å². The Morgan fingerprint density at radius 3 is 2.60 bits per heavy atom. The van der Waals surface area contributed by atoms with E-state index in [0.717, 1.165) is 5.56 Å². The minimum absolute atomic E-state index is 0.117. The van der Waals surface area contributed by atoms with E-state index in [1.807, 2.05) is 30.3 Å². The predicted molar refractivity (Wildman–Crippen MR) is 70.1 cm³/mol. The lowest BCUT2D eigenvalue weighted by atomic mass is 9.98. The van der Waals surface area contributed by atoms with Crippen LogP contribution in [-0.2, 0) is 20.9 Å². The third kappa shape index (κ3) is 4.24. The molecule has 1 aromatic carbocycles. The van der Waals surface area contributed by atoms with Crippen LogP contribution in [0.15, 0.2) is 30.3 Å². The summed E-state index contributed by atoms with van der Waals surface area (Å²) in [5.41, 5.74) is 0.849. The Morgan fingerprint density at radius 1 is 1.35 bits per heavy atom. The van der Waals surface area contributed by atoms with Gasteiger partial charge in [-0.25, -0.2) is 9.59 Å². The average Bonchev–Trinajstić information content (AvgIpc) is 2.40. The van der Waals surface area contributed by atoms with Gasteiger partial charge in [-0.05, 0) is 12.0 Å². The molecule has 1 heterocycles. The number of carboxylic acids is 1. The number of nitrogens with one attached hydrogen (secondary N) is 1. The van der Waals surface area contributed by atoms with Gasteiger partial charge in [0.1, 0.15) is 12.6 Å². The first-order chi connectivity index (χ1) is 9.65. The van der Waals surface area contributed by atoms with Crippen LogP contribution in [0.2, 0.25) is 0 Å². The lowest BCUT2D eigenvalue weighted by molar-refractivity contribution is -0.141. The number of benzene rings is 1. The third-order valence-corrected chi connectivity index (χ3v) is 3.08. The van der Waals surface area contributed by atoms with E-state index in [1.165, 1.54) is 0 Å². The van der Waals surface area contributed by atoms with Crippen LogP contribution in [0.1, 0.15) is 12.0 Å². The van der Waals surface area contributed by atoms with Crippen LogP contribution in [0.25, 0.3) is 0 Å². The number of carbonyl (C=O) groups excluding carboxylic acids is 1. The van der Waals surface area contributed by atoms with E-state index in [9.17, 15) is 9.59 Å². The van der Waals surface area contributed by atoms with Crippen molar-refractivity contribution in [1.29, 1.82) is 0 Å². The fraction of sp³-hybridized carbons (Fsp3) is 0.429. The number of aliphatic carboxylic acids is 1. The molecule has 0 bridgehead atoms. The van der Waals surface area contributed by atoms with Crippen molar-refractivity contribution in [2.24, 2.45) is 5.92 Å². The first kappa shape index (κ1) is 14.3. The summed E-state index contributed by atoms with van der Waals surface area (Å²) >= 11 is 0. The molecule has 0 spiro atoms. The first-order valence-electron chi connectivity index (χ1n) is 6.43. The molecule has 1 fully saturated rings. The number of alkyl carbamates (subject to hydrolysis) is 1. The van der Waals surface area contributed by atoms with Crippen molar-refractivity contribution in [2.75, 3.05) is 13.2 Å². The predicted octanol–water partition coefficient (Wildman–Crippen LogP) is 1.40. The lowest BCUT2D eigenvalue weighted by Crippen LogP contribution is -2.45. The monoisotopic (exact) mass is 279 g/mol. The molecule has 108 valence electrons. The van der Waals surface area contributed by atoms with Crippen LogP contribution in [-0.4, -0.2) is 36.4 Å². The summed E-state index contributed by atoms with van der Waals surface area (Å²) in [6.45, 7) is 1.21. The van der Waals surface area contributed by atoms with Gasteiger partial charge in [-0.1, -0.05) is 30.3 Å². The molecule has 0 unspecified atom stereocenters. The molecule has 0 aromatic heterocycles. The Morgan fingerprint density at radius 2 is 2.05 bits per heavy atom. The molecule has 6 nitrogen and oxygen atoms in total. The van der Waals surface area contributed by atoms with E-state index in [2.05, 4.69) is 5.32 Å². The standard InChI is InChI=1S/C14H17NO5/c16-13(17)12(6-11-7-19-8-11)15-14(18)20-9-10-4-2-1-3-5-10/h1-5,11-12H,6-9H2,(H,15,18)(H,16,17)/t12-/m1/s1. The minimum Gasteiger partial charge on any atom is -0.480 e. The van der Waals surface area contributed by atoms with Crippen molar-refractivity contribution in [1.82, 2.24) is 5.32 Å². The summed E-state index contributed by atoms with van der Waals surface area (Å²) in [4.78, 5) is 22.7. The Bertz CT molecular complexity index is 458. The fourth-order valence-corrected chi connectivity index (χ4v) is 1.88. The number of amides is 1. The molecule has 1 aliphatic heterocycles. The average molecular weight is 279 g/mol. The number of ether oxygens (including phenoxy) is 2. The topological polar surface area (TPSA) is 84.9 Å². The zero-order valence-electron chi connectivity index (χ0n) is 11.0. The number of hydrogen-bond donors (Lipinski definition) is 2. The fourth-order valence-electron chi connectivity index (χ4n) is 1.88. The maximum absolute atomic E-state index is 11.6. The van der Waals surface area contributed by atoms with Gasteiger partial charge < -0.3 is 19.9 Å². The van der Waals surface area contributed by atoms with Crippen LogP contribution in [0.4, 0.5) is 4.79 Å². The molecular weight excluding hydrogens is 262 g/mol. The molecule has 1 amide bonds. The zero-order chi connectivity index (χ0) is 14.4. The summed E-state index contributed by atoms with van der Waals surface area (Å²) in [6.07, 6.45) is -0.364. The van der Waals surface area contributed by atoms with Gasteiger partial charge in [0.2, 0.25) is 0 Å². The van der Waals surface area contributed by atoms with Crippen molar-refractivity contribution in [3.8, 4) is 0 Å². The maximum Gasteiger partial charge on any atom is 0.408 e. The number of carbonyl (C=O) groups is 2. The highest BCUT2D eigenvalue weighted by molar-refractivity contribution is 5.79. The van der Waals surface area contributed by atoms with Crippen molar-refractivity contribution in [3.05, 3.63) is 35.9 Å². The number of hydrogen-bond acceptors (Lipinski definition) is 4. The highest BCUT2D eigenvalue weighted by atomic mass is 16.5. The second-order valence-corrected chi connectivity index (χ2v) is 4.74. The van der Waals surface area contributed by atoms with Crippen LogP contribution in [0.5, 0.6) is 0 Å². The van der Waals surface area contributed by atoms with Gasteiger partial charge in [0.15, 0.2) is 0 Å². The Balaban J connectivity index is 1.77. The minimum atomic E-state index is -1.06. The summed E-state index contributed by atoms with van der Waals surface area (Å²) < 4.78 is 9.99. The Labute approximate surface area is 116 Å². The smallest absolute Gasteiger partial charge is 0.408 e. The first-order valence-corrected chi connectivity index (χ1v) is 6.43. The summed E-state index contributed by atoms with van der Waals surface area (Å²) in [5.74, 6) is -0.876. The number of carboxylic acid groups (broad SMARTS) is 1. The van der Waals surface area contributed by atoms with Gasteiger partial charge >= 0.3 is 12.1 Å². The molecule has 1 aliphatic rings. The van der Waals surface area contributed by atoms with Crippen molar-refractivity contribution >= 4 is 12.1 Å². The van der Waals surface area contributed by atoms with Gasteiger partial charge in [0.25, 0.3) is 0 Å². The highest BCUT2D eigenvalue weighted by Gasteiger charge is 2.28. The van der Waals surface area contributed by atoms with Gasteiger partial charge in [-0.3, -0.25) is 0 Å². The van der Waals surface area contributed by atoms with E-state index >= 15 is 0 Å². The highest BCUT2D eigenvalue weighted by Crippen LogP contribution is 2.16. The Kier molecular flexibility index (Phi) is 4.95. The molecule has 0 radical (unpaired) electrons. The molecule has 0 saturated carbocycles. The molecule has 6 heteroatoms. The third-order valence-electron chi connectivity index (χ3n) is 3.08. The normalized spacial score (nSPS) is 16.0. The molecule has 1 atom stereocenters. The van der Waals surface area contributed by atoms with E-state index in [4.69, 9.17) is 14.6 Å². The molecule has 1 saturated heterocycles. The van der Waals surface area contributed by atoms with Gasteiger partial charge in [-0.2, -0.15) is 0 Å². The molecule has 1 aromatic rings. The second kappa shape index (κ2) is 6.91. The number of rotatable bonds is 6. The molecular formula is C14H17NO5. The lowest BCUT2D eigenvalue weighted by Gasteiger charge is -2.28. The van der Waals surface area contributed by atoms with Gasteiger partial charge in [0, 0.05) is 5.92 Å². The molecule has 2 N–H and O–H groups in total. The van der Waals surface area contributed by atoms with E-state index in [1.54, 1.807) is 0 Å². The summed E-state index contributed by atoms with van der Waals surface area (Å²) in [5, 5.41) is 11.4. The SMILES string of the molecule is O=C(N[C@H](CC1COC1)C(=O)O)OCc1ccccc1. The Hall–Kier alpha value is -2.08. The summed E-state index contributed by atoms with van der Waals surface area (Å²) in [7, 11) is 0. The second-order valence-electron chi connectivity index (χ2n) is 4.74. The van der Waals surface area contributed by atoms with E-state index in [0.29, 0.717) is 19.6 Å². The summed E-state index contributed by atoms with van der Waals surface area (Å²) in [6, 6.07) is 8.26. The van der Waals surface area contributed by atoms with Crippen LogP contribution in [0.3, 0.4) is 0 Å². The van der Waals surface area contributed by atoms with Crippen molar-refractivity contribution in [3.63, 3.8) is 0 Å². The zero-order valence-corrected chi connectivity index (χ0v) is 11.0. The van der Waals surface area contributed by atoms with Crippen molar-refractivity contribution in [2.45, 2.75) is 19.1 Å². The van der Waals surface area contributed by atoms with Crippen molar-refractivity contribution < 1.29 is 24.2 Å².